The molecule has 2 amide bonds. The Morgan fingerprint density at radius 1 is 1.09 bits per heavy atom. The summed E-state index contributed by atoms with van der Waals surface area (Å²) in [5, 5.41) is 11.1. The van der Waals surface area contributed by atoms with Gasteiger partial charge in [-0.3, -0.25) is 29.4 Å². The number of ether oxygens (including phenoxy) is 2. The Hall–Kier alpha value is -4.34. The summed E-state index contributed by atoms with van der Waals surface area (Å²) in [7, 11) is 1.28. The first-order valence-electron chi connectivity index (χ1n) is 10.9. The number of imide groups is 1. The highest BCUT2D eigenvalue weighted by Gasteiger charge is 2.50. The van der Waals surface area contributed by atoms with Crippen molar-refractivity contribution in [2.75, 3.05) is 18.6 Å². The first-order chi connectivity index (χ1) is 16.7. The van der Waals surface area contributed by atoms with Crippen LogP contribution in [0.25, 0.3) is 0 Å². The lowest BCUT2D eigenvalue weighted by Gasteiger charge is -2.22. The van der Waals surface area contributed by atoms with Crippen molar-refractivity contribution in [2.24, 2.45) is 17.8 Å². The van der Waals surface area contributed by atoms with E-state index < -0.39 is 29.2 Å². The minimum Gasteiger partial charge on any atom is -0.490 e. The molecule has 35 heavy (non-hydrogen) atoms. The molecular weight excluding hydrogens is 456 g/mol. The number of hydrogen-bond acceptors (Lipinski definition) is 8. The van der Waals surface area contributed by atoms with Gasteiger partial charge in [0.2, 0.25) is 17.6 Å². The maximum atomic E-state index is 12.9. The van der Waals surface area contributed by atoms with Crippen LogP contribution >= 0.6 is 0 Å². The fourth-order valence-electron chi connectivity index (χ4n) is 4.45. The largest absolute Gasteiger partial charge is 0.490 e. The molecule has 1 fully saturated rings. The first kappa shape index (κ1) is 23.8. The second-order valence-corrected chi connectivity index (χ2v) is 8.36. The number of nitro benzene ring substituents is 1. The van der Waals surface area contributed by atoms with E-state index in [4.69, 9.17) is 9.47 Å². The first-order valence-corrected chi connectivity index (χ1v) is 10.9. The third kappa shape index (κ3) is 4.42. The van der Waals surface area contributed by atoms with Crippen molar-refractivity contribution in [3.05, 3.63) is 75.9 Å². The number of Topliss-reactive ketones (excluding diaryl/α,β-unsaturated/α-hetero) is 1. The molecule has 2 aromatic carbocycles. The summed E-state index contributed by atoms with van der Waals surface area (Å²) in [5.74, 6) is -2.74. The molecule has 10 heteroatoms. The summed E-state index contributed by atoms with van der Waals surface area (Å²) in [5.41, 5.74) is 0.0988. The number of ketones is 1. The zero-order chi connectivity index (χ0) is 25.3. The van der Waals surface area contributed by atoms with E-state index in [2.05, 4.69) is 0 Å². The van der Waals surface area contributed by atoms with Crippen molar-refractivity contribution in [3.63, 3.8) is 0 Å². The lowest BCUT2D eigenvalue weighted by molar-refractivity contribution is -0.385. The van der Waals surface area contributed by atoms with Crippen molar-refractivity contribution in [1.82, 2.24) is 0 Å². The van der Waals surface area contributed by atoms with E-state index >= 15 is 0 Å². The third-order valence-corrected chi connectivity index (χ3v) is 6.27. The fraction of sp³-hybridized carbons (Fsp3) is 0.280. The summed E-state index contributed by atoms with van der Waals surface area (Å²) < 4.78 is 9.96. The summed E-state index contributed by atoms with van der Waals surface area (Å²) in [6.45, 7) is 1.29. The molecule has 0 spiro atoms. The Morgan fingerprint density at radius 3 is 2.40 bits per heavy atom. The van der Waals surface area contributed by atoms with Crippen LogP contribution in [-0.2, 0) is 14.3 Å². The number of amides is 2. The van der Waals surface area contributed by atoms with Gasteiger partial charge in [-0.25, -0.2) is 4.79 Å². The van der Waals surface area contributed by atoms with Crippen LogP contribution in [0, 0.1) is 27.9 Å². The van der Waals surface area contributed by atoms with Crippen molar-refractivity contribution in [3.8, 4) is 5.75 Å². The highest BCUT2D eigenvalue weighted by molar-refractivity contribution is 6.22. The van der Waals surface area contributed by atoms with E-state index in [1.54, 1.807) is 0 Å². The Morgan fingerprint density at radius 2 is 1.77 bits per heavy atom. The van der Waals surface area contributed by atoms with Gasteiger partial charge in [0.05, 0.1) is 35.1 Å². The summed E-state index contributed by atoms with van der Waals surface area (Å²) in [6, 6.07) is 9.47. The number of methoxy groups -OCH3 is 1. The molecule has 0 radical (unpaired) electrons. The van der Waals surface area contributed by atoms with Gasteiger partial charge in [-0.05, 0) is 48.7 Å². The van der Waals surface area contributed by atoms with Crippen LogP contribution < -0.4 is 9.64 Å². The van der Waals surface area contributed by atoms with E-state index in [0.717, 1.165) is 11.0 Å². The molecule has 4 rings (SSSR count). The van der Waals surface area contributed by atoms with Crippen LogP contribution in [0.2, 0.25) is 0 Å². The highest BCUT2D eigenvalue weighted by atomic mass is 16.6. The van der Waals surface area contributed by atoms with Gasteiger partial charge < -0.3 is 9.47 Å². The summed E-state index contributed by atoms with van der Waals surface area (Å²) in [4.78, 5) is 62.1. The second kappa shape index (κ2) is 9.49. The molecule has 10 nitrogen and oxygen atoms in total. The standard InChI is InChI=1S/C25H22N2O8/c1-14-4-3-5-18-22(14)24(30)26(23(18)29)17-9-6-15(7-10-17)25(31)35-13-20(28)16-8-11-21(34-2)19(12-16)27(32)33/h3-4,6-12,14,18,22H,5,13H2,1-2H3/t14-,18+,22+/m0/s1. The van der Waals surface area contributed by atoms with Crippen molar-refractivity contribution < 1.29 is 33.6 Å². The fourth-order valence-corrected chi connectivity index (χ4v) is 4.45. The van der Waals surface area contributed by atoms with E-state index in [9.17, 15) is 29.3 Å². The van der Waals surface area contributed by atoms with Crippen LogP contribution in [0.15, 0.2) is 54.6 Å². The maximum Gasteiger partial charge on any atom is 0.338 e. The Balaban J connectivity index is 1.41. The molecule has 0 aromatic heterocycles. The number of nitrogens with zero attached hydrogens (tertiary/aromatic N) is 2. The number of hydrogen-bond donors (Lipinski definition) is 0. The van der Waals surface area contributed by atoms with E-state index in [1.807, 2.05) is 19.1 Å². The average Bonchev–Trinajstić information content (AvgIpc) is 3.12. The van der Waals surface area contributed by atoms with Crippen LogP contribution in [0.3, 0.4) is 0 Å². The lowest BCUT2D eigenvalue weighted by Crippen LogP contribution is -2.31. The second-order valence-electron chi connectivity index (χ2n) is 8.36. The van der Waals surface area contributed by atoms with Gasteiger partial charge in [-0.2, -0.15) is 0 Å². The molecular formula is C25H22N2O8. The number of allylic oxidation sites excluding steroid dienone is 2. The highest BCUT2D eigenvalue weighted by Crippen LogP contribution is 2.40. The van der Waals surface area contributed by atoms with Gasteiger partial charge in [0.1, 0.15) is 0 Å². The number of carbonyl (C=O) groups is 4. The number of nitro groups is 1. The summed E-state index contributed by atoms with van der Waals surface area (Å²) >= 11 is 0. The van der Waals surface area contributed by atoms with E-state index in [0.29, 0.717) is 12.1 Å². The molecule has 1 aliphatic carbocycles. The molecule has 180 valence electrons. The van der Waals surface area contributed by atoms with Crippen LogP contribution in [-0.4, -0.2) is 42.2 Å². The molecule has 1 heterocycles. The lowest BCUT2D eigenvalue weighted by atomic mass is 9.78. The molecule has 3 atom stereocenters. The third-order valence-electron chi connectivity index (χ3n) is 6.27. The Bertz CT molecular complexity index is 1250. The number of benzene rings is 2. The molecule has 2 aliphatic rings. The van der Waals surface area contributed by atoms with Gasteiger partial charge in [-0.15, -0.1) is 0 Å². The predicted octanol–water partition coefficient (Wildman–Crippen LogP) is 3.34. The monoisotopic (exact) mass is 478 g/mol. The van der Waals surface area contributed by atoms with Gasteiger partial charge >= 0.3 is 11.7 Å². The van der Waals surface area contributed by atoms with Crippen LogP contribution in [0.1, 0.15) is 34.1 Å². The molecule has 0 saturated carbocycles. The zero-order valence-electron chi connectivity index (χ0n) is 19.0. The van der Waals surface area contributed by atoms with Crippen LogP contribution in [0.5, 0.6) is 5.75 Å². The zero-order valence-corrected chi connectivity index (χ0v) is 19.0. The predicted molar refractivity (Wildman–Crippen MR) is 123 cm³/mol. The van der Waals surface area contributed by atoms with Gasteiger partial charge in [0.15, 0.2) is 12.4 Å². The minimum atomic E-state index is -0.793. The van der Waals surface area contributed by atoms with E-state index in [1.165, 1.54) is 43.5 Å². The minimum absolute atomic E-state index is 0.00288. The SMILES string of the molecule is COc1ccc(C(=O)COC(=O)c2ccc(N3C(=O)[C@@H]4[C@@H](C)C=CC[C@H]4C3=O)cc2)cc1[N+](=O)[O-]. The molecule has 0 unspecified atom stereocenters. The topological polar surface area (TPSA) is 133 Å². The quantitative estimate of drug-likeness (QED) is 0.148. The maximum absolute atomic E-state index is 12.9. The van der Waals surface area contributed by atoms with Crippen molar-refractivity contribution in [1.29, 1.82) is 0 Å². The molecule has 0 bridgehead atoms. The number of anilines is 1. The molecule has 2 aromatic rings. The smallest absolute Gasteiger partial charge is 0.338 e. The van der Waals surface area contributed by atoms with Gasteiger partial charge in [0.25, 0.3) is 0 Å². The average molecular weight is 478 g/mol. The number of esters is 1. The normalized spacial score (nSPS) is 21.0. The van der Waals surface area contributed by atoms with Crippen molar-refractivity contribution in [2.45, 2.75) is 13.3 Å². The van der Waals surface area contributed by atoms with Crippen LogP contribution in [0.4, 0.5) is 11.4 Å². The number of fused-ring (bicyclic) bond motifs is 1. The number of rotatable bonds is 7. The van der Waals surface area contributed by atoms with Gasteiger partial charge in [-0.1, -0.05) is 19.1 Å². The number of carbonyl (C=O) groups excluding carboxylic acids is 4. The Labute approximate surface area is 200 Å². The van der Waals surface area contributed by atoms with Gasteiger partial charge in [0, 0.05) is 11.6 Å². The molecule has 0 N–H and O–H groups in total. The summed E-state index contributed by atoms with van der Waals surface area (Å²) in [6.07, 6.45) is 4.39. The van der Waals surface area contributed by atoms with Crippen molar-refractivity contribution >= 4 is 34.9 Å². The molecule has 1 aliphatic heterocycles. The van der Waals surface area contributed by atoms with E-state index in [-0.39, 0.29) is 46.2 Å². The Kier molecular flexibility index (Phi) is 6.46. The molecule has 1 saturated heterocycles.